The minimum atomic E-state index is 0. The van der Waals surface area contributed by atoms with Crippen molar-refractivity contribution in [1.82, 2.24) is 0 Å². The minimum absolute atomic E-state index is 0. The zero-order valence-corrected chi connectivity index (χ0v) is 9.64. The van der Waals surface area contributed by atoms with E-state index in [9.17, 15) is 4.79 Å². The zero-order chi connectivity index (χ0) is 8.98. The van der Waals surface area contributed by atoms with E-state index in [-0.39, 0.29) is 28.4 Å². The van der Waals surface area contributed by atoms with Gasteiger partial charge in [0.05, 0.1) is 0 Å². The second-order valence-corrected chi connectivity index (χ2v) is 5.28. The molecule has 2 bridgehead atoms. The van der Waals surface area contributed by atoms with Crippen LogP contribution >= 0.6 is 0 Å². The molecule has 2 aliphatic carbocycles. The Labute approximate surface area is 91.1 Å². The molecule has 3 atom stereocenters. The van der Waals surface area contributed by atoms with Crippen LogP contribution in [-0.2, 0) is 21.9 Å². The van der Waals surface area contributed by atoms with Gasteiger partial charge in [0.1, 0.15) is 0 Å². The Balaban J connectivity index is 0.000000845. The Hall–Kier alpha value is 0.189. The normalized spacial score (nSPS) is 45.8. The Morgan fingerprint density at radius 3 is 2.15 bits per heavy atom. The molecule has 76 valence electrons. The molecule has 2 aliphatic rings. The van der Waals surface area contributed by atoms with Gasteiger partial charge in [-0.15, -0.1) is 5.92 Å². The van der Waals surface area contributed by atoms with Gasteiger partial charge in [-0.2, -0.15) is 0 Å². The van der Waals surface area contributed by atoms with Crippen molar-refractivity contribution in [3.63, 3.8) is 0 Å². The molecule has 0 aromatic heterocycles. The van der Waals surface area contributed by atoms with Gasteiger partial charge in [-0.3, -0.25) is 6.29 Å². The van der Waals surface area contributed by atoms with Crippen LogP contribution in [0.25, 0.3) is 0 Å². The predicted molar refractivity (Wildman–Crippen MR) is 48.4 cm³/mol. The van der Waals surface area contributed by atoms with Crippen molar-refractivity contribution < 1.29 is 21.9 Å². The van der Waals surface area contributed by atoms with Crippen molar-refractivity contribution >= 4 is 6.29 Å². The van der Waals surface area contributed by atoms with Crippen LogP contribution in [0, 0.1) is 22.7 Å². The fourth-order valence-electron chi connectivity index (χ4n) is 3.38. The van der Waals surface area contributed by atoms with E-state index in [1.165, 1.54) is 12.8 Å². The van der Waals surface area contributed by atoms with Crippen molar-refractivity contribution in [2.75, 3.05) is 0 Å². The first-order chi connectivity index (χ1) is 5.52. The molecule has 0 radical (unpaired) electrons. The fraction of sp³-hybridized carbons (Fsp3) is 0.909. The average Bonchev–Trinajstić information content (AvgIpc) is 2.34. The monoisotopic (exact) mass is 221 g/mol. The second-order valence-electron chi connectivity index (χ2n) is 5.28. The van der Waals surface area contributed by atoms with Crippen LogP contribution in [-0.4, -0.2) is 6.29 Å². The Kier molecular flexibility index (Phi) is 2.69. The summed E-state index contributed by atoms with van der Waals surface area (Å²) in [4.78, 5) is 10.8. The van der Waals surface area contributed by atoms with Crippen molar-refractivity contribution in [3.8, 4) is 0 Å². The predicted octanol–water partition coefficient (Wildman–Crippen LogP) is 2.56. The van der Waals surface area contributed by atoms with E-state index >= 15 is 0 Å². The number of carbonyl (C=O) groups excluding carboxylic acids is 1. The maximum Gasteiger partial charge on any atom is 0 e. The van der Waals surface area contributed by atoms with Crippen LogP contribution in [0.2, 0.25) is 0 Å². The third-order valence-corrected chi connectivity index (χ3v) is 4.94. The molecule has 0 aromatic carbocycles. The van der Waals surface area contributed by atoms with Gasteiger partial charge in [-0.1, -0.05) is 27.2 Å². The standard InChI is InChI=1S/C11H17O.Fe/c1-10(2)8-4-5-11(10,3)9(6-8)7-12;/h8-9H,4-6H2,1-3H3;/q-1;. The number of hydrogen-bond acceptors (Lipinski definition) is 1. The van der Waals surface area contributed by atoms with E-state index in [2.05, 4.69) is 27.1 Å². The molecule has 0 spiro atoms. The van der Waals surface area contributed by atoms with Gasteiger partial charge in [-0.05, 0) is 29.6 Å². The molecular weight excluding hydrogens is 204 g/mol. The molecule has 2 heteroatoms. The summed E-state index contributed by atoms with van der Waals surface area (Å²) >= 11 is 0. The van der Waals surface area contributed by atoms with E-state index < -0.39 is 0 Å². The van der Waals surface area contributed by atoms with E-state index in [4.69, 9.17) is 0 Å². The van der Waals surface area contributed by atoms with Crippen LogP contribution in [0.5, 0.6) is 0 Å². The molecule has 3 unspecified atom stereocenters. The van der Waals surface area contributed by atoms with Crippen molar-refractivity contribution in [3.05, 3.63) is 0 Å². The van der Waals surface area contributed by atoms with Gasteiger partial charge in [-0.25, -0.2) is 0 Å². The van der Waals surface area contributed by atoms with Gasteiger partial charge in [0.15, 0.2) is 0 Å². The van der Waals surface area contributed by atoms with E-state index in [0.29, 0.717) is 5.41 Å². The molecular formula is C11H17FeO-. The molecule has 0 saturated heterocycles. The second kappa shape index (κ2) is 3.10. The van der Waals surface area contributed by atoms with Crippen LogP contribution < -0.4 is 0 Å². The minimum Gasteiger partial charge on any atom is -0.541 e. The number of fused-ring (bicyclic) bond motifs is 2. The molecule has 1 nitrogen and oxygen atoms in total. The quantitative estimate of drug-likeness (QED) is 0.491. The summed E-state index contributed by atoms with van der Waals surface area (Å²) in [6.07, 6.45) is 5.88. The summed E-state index contributed by atoms with van der Waals surface area (Å²) in [5, 5.41) is 0. The first-order valence-electron chi connectivity index (χ1n) is 4.90. The molecule has 0 heterocycles. The van der Waals surface area contributed by atoms with E-state index in [0.717, 1.165) is 12.3 Å². The average molecular weight is 221 g/mol. The molecule has 0 aliphatic heterocycles. The summed E-state index contributed by atoms with van der Waals surface area (Å²) in [5.74, 6) is 0.986. The fourth-order valence-corrected chi connectivity index (χ4v) is 3.38. The zero-order valence-electron chi connectivity index (χ0n) is 8.54. The molecule has 0 aromatic rings. The largest absolute Gasteiger partial charge is 0.541 e. The summed E-state index contributed by atoms with van der Waals surface area (Å²) in [7, 11) is 0. The Morgan fingerprint density at radius 1 is 1.31 bits per heavy atom. The van der Waals surface area contributed by atoms with E-state index in [1.807, 2.05) is 0 Å². The topological polar surface area (TPSA) is 17.1 Å². The first-order valence-corrected chi connectivity index (χ1v) is 4.90. The van der Waals surface area contributed by atoms with Crippen LogP contribution in [0.4, 0.5) is 0 Å². The molecule has 2 rings (SSSR count). The number of hydrogen-bond donors (Lipinski definition) is 0. The summed E-state index contributed by atoms with van der Waals surface area (Å²) in [6.45, 7) is 6.92. The molecule has 13 heavy (non-hydrogen) atoms. The SMILES string of the molecule is CC1(C)C2CCC1(C)C([C-]=O)C2.[Fe]. The van der Waals surface area contributed by atoms with Gasteiger partial charge >= 0.3 is 0 Å². The van der Waals surface area contributed by atoms with Crippen molar-refractivity contribution in [1.29, 1.82) is 0 Å². The summed E-state index contributed by atoms with van der Waals surface area (Å²) in [5.41, 5.74) is 0.620. The van der Waals surface area contributed by atoms with Crippen molar-refractivity contribution in [2.24, 2.45) is 22.7 Å². The Morgan fingerprint density at radius 2 is 1.92 bits per heavy atom. The van der Waals surface area contributed by atoms with Gasteiger partial charge in [0.2, 0.25) is 0 Å². The van der Waals surface area contributed by atoms with Gasteiger partial charge in [0, 0.05) is 17.1 Å². The third-order valence-electron chi connectivity index (χ3n) is 4.94. The summed E-state index contributed by atoms with van der Waals surface area (Å²) in [6, 6.07) is 0. The molecule has 2 saturated carbocycles. The maximum absolute atomic E-state index is 10.8. The molecule has 0 N–H and O–H groups in total. The number of rotatable bonds is 1. The van der Waals surface area contributed by atoms with E-state index in [1.54, 1.807) is 0 Å². The van der Waals surface area contributed by atoms with Gasteiger partial charge < -0.3 is 4.79 Å². The van der Waals surface area contributed by atoms with Crippen molar-refractivity contribution in [2.45, 2.75) is 40.0 Å². The van der Waals surface area contributed by atoms with Crippen LogP contribution in [0.15, 0.2) is 0 Å². The smallest absolute Gasteiger partial charge is 0 e. The Bertz CT molecular complexity index is 224. The first kappa shape index (κ1) is 11.3. The van der Waals surface area contributed by atoms with Gasteiger partial charge in [0.25, 0.3) is 0 Å². The van der Waals surface area contributed by atoms with Crippen LogP contribution in [0.3, 0.4) is 0 Å². The third kappa shape index (κ3) is 1.15. The maximum atomic E-state index is 10.8. The molecule has 2 fully saturated rings. The van der Waals surface area contributed by atoms with Crippen LogP contribution in [0.1, 0.15) is 40.0 Å². The molecule has 0 amide bonds. The summed E-state index contributed by atoms with van der Waals surface area (Å²) < 4.78 is 0.